The molecule has 0 bridgehead atoms. The molecule has 2 atom stereocenters. The predicted molar refractivity (Wildman–Crippen MR) is 110 cm³/mol. The molecule has 2 aliphatic rings. The molecule has 5 nitrogen and oxygen atoms in total. The molecule has 0 radical (unpaired) electrons. The van der Waals surface area contributed by atoms with Crippen molar-refractivity contribution in [1.82, 2.24) is 4.31 Å². The molecule has 148 valence electrons. The lowest BCUT2D eigenvalue weighted by Crippen LogP contribution is -2.41. The van der Waals surface area contributed by atoms with Gasteiger partial charge in [0.2, 0.25) is 10.0 Å². The van der Waals surface area contributed by atoms with Crippen molar-refractivity contribution in [2.75, 3.05) is 11.4 Å². The van der Waals surface area contributed by atoms with Crippen LogP contribution in [0.2, 0.25) is 0 Å². The molecule has 2 unspecified atom stereocenters. The van der Waals surface area contributed by atoms with Crippen LogP contribution in [0.25, 0.3) is 0 Å². The minimum Gasteiger partial charge on any atom is -0.305 e. The van der Waals surface area contributed by atoms with E-state index in [-0.39, 0.29) is 22.9 Å². The monoisotopic (exact) mass is 398 g/mol. The number of sulfonamides is 1. The lowest BCUT2D eigenvalue weighted by molar-refractivity contribution is 0.0981. The lowest BCUT2D eigenvalue weighted by atomic mass is 10.1. The van der Waals surface area contributed by atoms with E-state index in [9.17, 15) is 13.2 Å². The molecule has 0 spiro atoms. The highest BCUT2D eigenvalue weighted by atomic mass is 32.2. The SMILES string of the molecule is CC1Cc2ccccc2N1C(=O)c1ccc(S(=O)(=O)N2CCCCC2C)cc1. The molecule has 1 fully saturated rings. The molecule has 0 aromatic heterocycles. The normalized spacial score (nSPS) is 22.9. The van der Waals surface area contributed by atoms with Gasteiger partial charge in [0.1, 0.15) is 0 Å². The average molecular weight is 399 g/mol. The van der Waals surface area contributed by atoms with E-state index in [1.165, 1.54) is 5.56 Å². The predicted octanol–water partition coefficient (Wildman–Crippen LogP) is 3.84. The maximum absolute atomic E-state index is 13.1. The quantitative estimate of drug-likeness (QED) is 0.789. The first-order valence-electron chi connectivity index (χ1n) is 9.93. The van der Waals surface area contributed by atoms with Crippen molar-refractivity contribution >= 4 is 21.6 Å². The standard InChI is InChI=1S/C22H26N2O3S/c1-16-7-5-6-14-23(16)28(26,27)20-12-10-18(11-13-20)22(25)24-17(2)15-19-8-3-4-9-21(19)24/h3-4,8-13,16-17H,5-7,14-15H2,1-2H3. The van der Waals surface area contributed by atoms with Crippen molar-refractivity contribution in [2.45, 2.75) is 56.5 Å². The smallest absolute Gasteiger partial charge is 0.258 e. The number of benzene rings is 2. The van der Waals surface area contributed by atoms with Gasteiger partial charge in [-0.1, -0.05) is 24.6 Å². The van der Waals surface area contributed by atoms with Crippen LogP contribution < -0.4 is 4.90 Å². The molecule has 2 aromatic rings. The Bertz CT molecular complexity index is 985. The van der Waals surface area contributed by atoms with Crippen molar-refractivity contribution in [3.8, 4) is 0 Å². The second-order valence-electron chi connectivity index (χ2n) is 7.84. The van der Waals surface area contributed by atoms with Crippen molar-refractivity contribution in [2.24, 2.45) is 0 Å². The maximum Gasteiger partial charge on any atom is 0.258 e. The van der Waals surface area contributed by atoms with Crippen molar-refractivity contribution in [1.29, 1.82) is 0 Å². The summed E-state index contributed by atoms with van der Waals surface area (Å²) < 4.78 is 27.6. The molecular formula is C22H26N2O3S. The third-order valence-electron chi connectivity index (χ3n) is 5.88. The Kier molecular flexibility index (Phi) is 5.02. The molecule has 2 heterocycles. The van der Waals surface area contributed by atoms with Crippen LogP contribution in [0.3, 0.4) is 0 Å². The fourth-order valence-electron chi connectivity index (χ4n) is 4.35. The van der Waals surface area contributed by atoms with Crippen LogP contribution in [0.5, 0.6) is 0 Å². The molecule has 0 N–H and O–H groups in total. The van der Waals surface area contributed by atoms with E-state index in [4.69, 9.17) is 0 Å². The molecule has 2 aliphatic heterocycles. The zero-order chi connectivity index (χ0) is 19.9. The van der Waals surface area contributed by atoms with Gasteiger partial charge < -0.3 is 4.90 Å². The van der Waals surface area contributed by atoms with Crippen LogP contribution in [0.15, 0.2) is 53.4 Å². The van der Waals surface area contributed by atoms with Crippen LogP contribution in [-0.2, 0) is 16.4 Å². The summed E-state index contributed by atoms with van der Waals surface area (Å²) >= 11 is 0. The molecule has 28 heavy (non-hydrogen) atoms. The first kappa shape index (κ1) is 19.2. The van der Waals surface area contributed by atoms with Gasteiger partial charge in [0.25, 0.3) is 5.91 Å². The molecule has 2 aromatic carbocycles. The van der Waals surface area contributed by atoms with E-state index in [2.05, 4.69) is 6.07 Å². The zero-order valence-electron chi connectivity index (χ0n) is 16.3. The number of hydrogen-bond acceptors (Lipinski definition) is 3. The summed E-state index contributed by atoms with van der Waals surface area (Å²) in [6.45, 7) is 4.56. The van der Waals surface area contributed by atoms with E-state index in [0.29, 0.717) is 12.1 Å². The number of hydrogen-bond donors (Lipinski definition) is 0. The molecule has 0 saturated carbocycles. The van der Waals surface area contributed by atoms with E-state index in [1.54, 1.807) is 28.6 Å². The number of carbonyl (C=O) groups excluding carboxylic acids is 1. The minimum atomic E-state index is -3.52. The minimum absolute atomic E-state index is 0.0157. The Balaban J connectivity index is 1.59. The number of amides is 1. The van der Waals surface area contributed by atoms with Gasteiger partial charge in [-0.25, -0.2) is 8.42 Å². The summed E-state index contributed by atoms with van der Waals surface area (Å²) in [4.78, 5) is 15.2. The maximum atomic E-state index is 13.1. The topological polar surface area (TPSA) is 57.7 Å². The first-order valence-corrected chi connectivity index (χ1v) is 11.4. The molecule has 6 heteroatoms. The fourth-order valence-corrected chi connectivity index (χ4v) is 6.05. The van der Waals surface area contributed by atoms with Gasteiger partial charge in [-0.3, -0.25) is 4.79 Å². The molecule has 0 aliphatic carbocycles. The van der Waals surface area contributed by atoms with Gasteiger partial charge in [0.05, 0.1) is 4.90 Å². The summed E-state index contributed by atoms with van der Waals surface area (Å²) in [6.07, 6.45) is 3.69. The van der Waals surface area contributed by atoms with Gasteiger partial charge in [-0.2, -0.15) is 4.31 Å². The summed E-state index contributed by atoms with van der Waals surface area (Å²) in [6, 6.07) is 14.4. The Morgan fingerprint density at radius 2 is 1.68 bits per heavy atom. The highest BCUT2D eigenvalue weighted by Gasteiger charge is 2.33. The average Bonchev–Trinajstić information content (AvgIpc) is 3.03. The van der Waals surface area contributed by atoms with Crippen LogP contribution in [0.4, 0.5) is 5.69 Å². The number of rotatable bonds is 3. The van der Waals surface area contributed by atoms with E-state index in [1.807, 2.05) is 36.9 Å². The second-order valence-corrected chi connectivity index (χ2v) is 9.73. The summed E-state index contributed by atoms with van der Waals surface area (Å²) in [5.74, 6) is -0.0901. The Morgan fingerprint density at radius 3 is 2.39 bits per heavy atom. The second kappa shape index (κ2) is 7.33. The highest BCUT2D eigenvalue weighted by Crippen LogP contribution is 2.33. The van der Waals surface area contributed by atoms with Crippen molar-refractivity contribution in [3.05, 3.63) is 59.7 Å². The highest BCUT2D eigenvalue weighted by molar-refractivity contribution is 7.89. The van der Waals surface area contributed by atoms with E-state index < -0.39 is 10.0 Å². The van der Waals surface area contributed by atoms with E-state index in [0.717, 1.165) is 31.4 Å². The molecular weight excluding hydrogens is 372 g/mol. The van der Waals surface area contributed by atoms with E-state index >= 15 is 0 Å². The Labute approximate surface area is 167 Å². The third kappa shape index (κ3) is 3.25. The summed E-state index contributed by atoms with van der Waals surface area (Å²) in [5, 5.41) is 0. The Morgan fingerprint density at radius 1 is 0.964 bits per heavy atom. The van der Waals surface area contributed by atoms with Gasteiger partial charge in [-0.05, 0) is 69.0 Å². The van der Waals surface area contributed by atoms with Crippen molar-refractivity contribution < 1.29 is 13.2 Å². The van der Waals surface area contributed by atoms with Crippen LogP contribution in [0.1, 0.15) is 49.0 Å². The number of para-hydroxylation sites is 1. The number of fused-ring (bicyclic) bond motifs is 1. The number of carbonyl (C=O) groups is 1. The Hall–Kier alpha value is -2.18. The van der Waals surface area contributed by atoms with Gasteiger partial charge in [0, 0.05) is 29.9 Å². The van der Waals surface area contributed by atoms with Crippen LogP contribution in [-0.4, -0.2) is 37.3 Å². The molecule has 4 rings (SSSR count). The fraction of sp³-hybridized carbons (Fsp3) is 0.409. The molecule has 1 amide bonds. The van der Waals surface area contributed by atoms with Gasteiger partial charge in [-0.15, -0.1) is 0 Å². The number of piperidine rings is 1. The van der Waals surface area contributed by atoms with Gasteiger partial charge in [0.15, 0.2) is 0 Å². The van der Waals surface area contributed by atoms with Crippen molar-refractivity contribution in [3.63, 3.8) is 0 Å². The largest absolute Gasteiger partial charge is 0.305 e. The number of nitrogens with zero attached hydrogens (tertiary/aromatic N) is 2. The zero-order valence-corrected chi connectivity index (χ0v) is 17.2. The van der Waals surface area contributed by atoms with Gasteiger partial charge >= 0.3 is 0 Å². The molecule has 1 saturated heterocycles. The van der Waals surface area contributed by atoms with Crippen LogP contribution in [0, 0.1) is 0 Å². The lowest BCUT2D eigenvalue weighted by Gasteiger charge is -2.32. The summed E-state index contributed by atoms with van der Waals surface area (Å²) in [7, 11) is -3.52. The van der Waals surface area contributed by atoms with Crippen LogP contribution >= 0.6 is 0 Å². The third-order valence-corrected chi connectivity index (χ3v) is 7.90. The first-order chi connectivity index (χ1) is 13.4. The summed E-state index contributed by atoms with van der Waals surface area (Å²) in [5.41, 5.74) is 2.62. The number of anilines is 1.